The molecular weight excluding hydrogens is 437 g/mol. The number of carbonyl (C=O) groups excluding carboxylic acids is 2. The van der Waals surface area contributed by atoms with Crippen LogP contribution >= 0.6 is 0 Å². The van der Waals surface area contributed by atoms with Crippen molar-refractivity contribution in [3.05, 3.63) is 76.5 Å². The van der Waals surface area contributed by atoms with E-state index in [1.807, 2.05) is 6.07 Å². The molecule has 2 heterocycles. The first kappa shape index (κ1) is 22.4. The average molecular weight is 456 g/mol. The molecule has 0 aromatic heterocycles. The summed E-state index contributed by atoms with van der Waals surface area (Å²) in [6.07, 6.45) is -4.28. The molecule has 2 aliphatic rings. The normalized spacial score (nSPS) is 18.3. The van der Waals surface area contributed by atoms with Gasteiger partial charge in [-0.15, -0.1) is 0 Å². The second-order valence-corrected chi connectivity index (χ2v) is 7.66. The van der Waals surface area contributed by atoms with Gasteiger partial charge in [-0.1, -0.05) is 18.2 Å². The van der Waals surface area contributed by atoms with E-state index in [1.165, 1.54) is 17.0 Å². The molecule has 0 aliphatic carbocycles. The van der Waals surface area contributed by atoms with Crippen molar-refractivity contribution in [2.24, 2.45) is 0 Å². The molecule has 0 bridgehead atoms. The lowest BCUT2D eigenvalue weighted by molar-refractivity contribution is -0.137. The SMILES string of the molecule is N#Cc1ccc([C@H]2NC(=O)N(c3cccc(C(F)(F)F)c3)C3=C2C(=O)N(CCCO)C3)cc1. The van der Waals surface area contributed by atoms with Gasteiger partial charge in [0.2, 0.25) is 0 Å². The molecule has 0 radical (unpaired) electrons. The molecule has 0 saturated heterocycles. The van der Waals surface area contributed by atoms with Crippen molar-refractivity contribution in [3.63, 3.8) is 0 Å². The summed E-state index contributed by atoms with van der Waals surface area (Å²) in [7, 11) is 0. The van der Waals surface area contributed by atoms with E-state index in [0.717, 1.165) is 17.0 Å². The van der Waals surface area contributed by atoms with Gasteiger partial charge in [0, 0.05) is 13.2 Å². The Morgan fingerprint density at radius 1 is 1.15 bits per heavy atom. The number of anilines is 1. The number of carbonyl (C=O) groups is 2. The van der Waals surface area contributed by atoms with Crippen LogP contribution in [-0.2, 0) is 11.0 Å². The van der Waals surface area contributed by atoms with Crippen LogP contribution in [0.4, 0.5) is 23.7 Å². The highest BCUT2D eigenvalue weighted by Gasteiger charge is 2.44. The van der Waals surface area contributed by atoms with E-state index in [0.29, 0.717) is 17.5 Å². The first-order valence-corrected chi connectivity index (χ1v) is 10.2. The van der Waals surface area contributed by atoms with E-state index in [-0.39, 0.29) is 42.6 Å². The van der Waals surface area contributed by atoms with E-state index in [1.54, 1.807) is 24.3 Å². The van der Waals surface area contributed by atoms with E-state index < -0.39 is 23.8 Å². The Morgan fingerprint density at radius 2 is 1.88 bits per heavy atom. The fraction of sp³-hybridized carbons (Fsp3) is 0.261. The predicted octanol–water partition coefficient (Wildman–Crippen LogP) is 3.33. The van der Waals surface area contributed by atoms with Gasteiger partial charge < -0.3 is 15.3 Å². The van der Waals surface area contributed by atoms with Gasteiger partial charge in [0.05, 0.1) is 46.7 Å². The number of hydrogen-bond donors (Lipinski definition) is 2. The van der Waals surface area contributed by atoms with Crippen molar-refractivity contribution >= 4 is 17.6 Å². The van der Waals surface area contributed by atoms with Gasteiger partial charge in [0.25, 0.3) is 5.91 Å². The highest BCUT2D eigenvalue weighted by atomic mass is 19.4. The number of nitrogens with one attached hydrogen (secondary N) is 1. The van der Waals surface area contributed by atoms with Gasteiger partial charge in [-0.05, 0) is 42.3 Å². The molecule has 2 aliphatic heterocycles. The van der Waals surface area contributed by atoms with Crippen LogP contribution in [0, 0.1) is 11.3 Å². The molecule has 2 N–H and O–H groups in total. The first-order valence-electron chi connectivity index (χ1n) is 10.2. The molecule has 7 nitrogen and oxygen atoms in total. The third kappa shape index (κ3) is 4.15. The summed E-state index contributed by atoms with van der Waals surface area (Å²) in [4.78, 5) is 28.9. The molecule has 0 spiro atoms. The third-order valence-corrected chi connectivity index (χ3v) is 5.59. The van der Waals surface area contributed by atoms with Crippen molar-refractivity contribution in [1.82, 2.24) is 10.2 Å². The lowest BCUT2D eigenvalue weighted by Crippen LogP contribution is -2.47. The fourth-order valence-corrected chi connectivity index (χ4v) is 4.03. The van der Waals surface area contributed by atoms with Gasteiger partial charge in [0.15, 0.2) is 0 Å². The molecule has 33 heavy (non-hydrogen) atoms. The van der Waals surface area contributed by atoms with Crippen molar-refractivity contribution < 1.29 is 27.9 Å². The van der Waals surface area contributed by atoms with Crippen LogP contribution in [0.15, 0.2) is 59.8 Å². The first-order chi connectivity index (χ1) is 15.7. The van der Waals surface area contributed by atoms with Crippen LogP contribution in [0.25, 0.3) is 0 Å². The lowest BCUT2D eigenvalue weighted by Gasteiger charge is -2.33. The molecular formula is C23H19F3N4O3. The second-order valence-electron chi connectivity index (χ2n) is 7.66. The Bertz CT molecular complexity index is 1170. The second kappa shape index (κ2) is 8.60. The third-order valence-electron chi connectivity index (χ3n) is 5.59. The number of nitrogens with zero attached hydrogens (tertiary/aromatic N) is 3. The Labute approximate surface area is 187 Å². The molecule has 1 atom stereocenters. The van der Waals surface area contributed by atoms with Gasteiger partial charge >= 0.3 is 12.2 Å². The number of benzene rings is 2. The lowest BCUT2D eigenvalue weighted by atomic mass is 9.94. The maximum atomic E-state index is 13.3. The highest BCUT2D eigenvalue weighted by Crippen LogP contribution is 2.40. The zero-order chi connectivity index (χ0) is 23.8. The predicted molar refractivity (Wildman–Crippen MR) is 112 cm³/mol. The molecule has 3 amide bonds. The summed E-state index contributed by atoms with van der Waals surface area (Å²) >= 11 is 0. The Kier molecular flexibility index (Phi) is 5.82. The number of aliphatic hydroxyl groups excluding tert-OH is 1. The molecule has 10 heteroatoms. The molecule has 0 saturated carbocycles. The highest BCUT2D eigenvalue weighted by molar-refractivity contribution is 6.07. The smallest absolute Gasteiger partial charge is 0.396 e. The summed E-state index contributed by atoms with van der Waals surface area (Å²) in [5.74, 6) is -0.371. The summed E-state index contributed by atoms with van der Waals surface area (Å²) in [6, 6.07) is 11.2. The molecule has 170 valence electrons. The van der Waals surface area contributed by atoms with Gasteiger partial charge in [-0.3, -0.25) is 9.69 Å². The number of nitriles is 1. The minimum absolute atomic E-state index is 0.00934. The Hall–Kier alpha value is -3.84. The van der Waals surface area contributed by atoms with Crippen LogP contribution in [-0.4, -0.2) is 41.6 Å². The quantitative estimate of drug-likeness (QED) is 0.722. The minimum Gasteiger partial charge on any atom is -0.396 e. The number of aliphatic hydroxyl groups is 1. The van der Waals surface area contributed by atoms with Gasteiger partial charge in [-0.2, -0.15) is 18.4 Å². The maximum absolute atomic E-state index is 13.3. The standard InChI is InChI=1S/C23H19F3N4O3/c24-23(25,26)16-3-1-4-17(11-16)30-18-13-29(9-2-10-31)21(32)19(18)20(28-22(30)33)15-7-5-14(12-27)6-8-15/h1,3-8,11,20,31H,2,9-10,13H2,(H,28,33)/t20-/m1/s1. The summed E-state index contributed by atoms with van der Waals surface area (Å²) in [5, 5.41) is 20.9. The molecule has 0 fully saturated rings. The molecule has 2 aromatic rings. The monoisotopic (exact) mass is 456 g/mol. The Morgan fingerprint density at radius 3 is 2.52 bits per heavy atom. The van der Waals surface area contributed by atoms with E-state index in [2.05, 4.69) is 5.32 Å². The zero-order valence-electron chi connectivity index (χ0n) is 17.3. The topological polar surface area (TPSA) is 96.7 Å². The number of urea groups is 1. The molecule has 4 rings (SSSR count). The van der Waals surface area contributed by atoms with Crippen LogP contribution in [0.5, 0.6) is 0 Å². The fourth-order valence-electron chi connectivity index (χ4n) is 4.03. The summed E-state index contributed by atoms with van der Waals surface area (Å²) in [6.45, 7) is 0.111. The van der Waals surface area contributed by atoms with E-state index in [4.69, 9.17) is 10.4 Å². The summed E-state index contributed by atoms with van der Waals surface area (Å²) in [5.41, 5.74) is 0.583. The van der Waals surface area contributed by atoms with Crippen molar-refractivity contribution in [3.8, 4) is 6.07 Å². The minimum atomic E-state index is -4.59. The molecule has 0 unspecified atom stereocenters. The van der Waals surface area contributed by atoms with Crippen LogP contribution < -0.4 is 10.2 Å². The van der Waals surface area contributed by atoms with Crippen molar-refractivity contribution in [1.29, 1.82) is 5.26 Å². The van der Waals surface area contributed by atoms with Crippen molar-refractivity contribution in [2.45, 2.75) is 18.6 Å². The maximum Gasteiger partial charge on any atom is 0.416 e. The van der Waals surface area contributed by atoms with Gasteiger partial charge in [0.1, 0.15) is 0 Å². The number of hydrogen-bond acceptors (Lipinski definition) is 4. The Balaban J connectivity index is 1.80. The van der Waals surface area contributed by atoms with Crippen LogP contribution in [0.1, 0.15) is 29.2 Å². The number of halogens is 3. The summed E-state index contributed by atoms with van der Waals surface area (Å²) < 4.78 is 39.8. The van der Waals surface area contributed by atoms with Crippen LogP contribution in [0.2, 0.25) is 0 Å². The number of alkyl halides is 3. The zero-order valence-corrected chi connectivity index (χ0v) is 17.3. The van der Waals surface area contributed by atoms with Crippen molar-refractivity contribution in [2.75, 3.05) is 24.6 Å². The largest absolute Gasteiger partial charge is 0.416 e. The number of rotatable bonds is 5. The number of amides is 3. The van der Waals surface area contributed by atoms with E-state index in [9.17, 15) is 22.8 Å². The average Bonchev–Trinajstić information content (AvgIpc) is 3.12. The van der Waals surface area contributed by atoms with E-state index >= 15 is 0 Å². The van der Waals surface area contributed by atoms with Gasteiger partial charge in [-0.25, -0.2) is 4.79 Å². The molecule has 2 aromatic carbocycles. The van der Waals surface area contributed by atoms with Crippen LogP contribution in [0.3, 0.4) is 0 Å².